The van der Waals surface area contributed by atoms with E-state index < -0.39 is 17.7 Å². The maximum Gasteiger partial charge on any atom is 0.236 e. The van der Waals surface area contributed by atoms with Crippen LogP contribution in [0.2, 0.25) is 0 Å². The summed E-state index contributed by atoms with van der Waals surface area (Å²) in [4.78, 5) is 12.6. The molecule has 6 heteroatoms. The second-order valence-corrected chi connectivity index (χ2v) is 4.10. The second-order valence-electron chi connectivity index (χ2n) is 4.10. The quantitative estimate of drug-likeness (QED) is 0.816. The maximum atomic E-state index is 13.3. The van der Waals surface area contributed by atoms with Crippen LogP contribution in [0.15, 0.2) is 18.2 Å². The van der Waals surface area contributed by atoms with Gasteiger partial charge in [-0.15, -0.1) is 0 Å². The summed E-state index contributed by atoms with van der Waals surface area (Å²) in [5.41, 5.74) is -0.125. The highest BCUT2D eigenvalue weighted by Gasteiger charge is 2.14. The smallest absolute Gasteiger partial charge is 0.236 e. The lowest BCUT2D eigenvalue weighted by atomic mass is 10.1. The molecule has 0 aromatic heterocycles. The van der Waals surface area contributed by atoms with Crippen molar-refractivity contribution in [3.8, 4) is 0 Å². The summed E-state index contributed by atoms with van der Waals surface area (Å²) in [6, 6.07) is 2.88. The van der Waals surface area contributed by atoms with Gasteiger partial charge < -0.3 is 15.3 Å². The van der Waals surface area contributed by atoms with E-state index in [9.17, 15) is 18.7 Å². The summed E-state index contributed by atoms with van der Waals surface area (Å²) in [6.45, 7) is 0.000941. The molecule has 1 aromatic carbocycles. The van der Waals surface area contributed by atoms with Crippen molar-refractivity contribution >= 4 is 5.91 Å². The number of benzene rings is 1. The Kier molecular flexibility index (Phi) is 5.18. The van der Waals surface area contributed by atoms with Crippen molar-refractivity contribution in [1.82, 2.24) is 10.2 Å². The average molecular weight is 258 g/mol. The van der Waals surface area contributed by atoms with Crippen molar-refractivity contribution in [3.63, 3.8) is 0 Å². The number of hydrogen-bond donors (Lipinski definition) is 2. The van der Waals surface area contributed by atoms with E-state index >= 15 is 0 Å². The minimum absolute atomic E-state index is 0.0278. The number of nitrogens with one attached hydrogen (secondary N) is 1. The second kappa shape index (κ2) is 6.42. The molecule has 0 aliphatic heterocycles. The standard InChI is InChI=1S/C12H16F2N2O2/c1-16(2)12(18)7-15-6-11(17)9-5-8(13)3-4-10(9)14/h3-5,11,15,17H,6-7H2,1-2H3. The summed E-state index contributed by atoms with van der Waals surface area (Å²) in [6.07, 6.45) is -1.20. The van der Waals surface area contributed by atoms with Crippen LogP contribution >= 0.6 is 0 Å². The number of hydrogen-bond acceptors (Lipinski definition) is 3. The summed E-state index contributed by atoms with van der Waals surface area (Å²) in [5, 5.41) is 12.4. The Morgan fingerprint density at radius 3 is 2.72 bits per heavy atom. The lowest BCUT2D eigenvalue weighted by molar-refractivity contribution is -0.127. The number of nitrogens with zero attached hydrogens (tertiary/aromatic N) is 1. The summed E-state index contributed by atoms with van der Waals surface area (Å²) < 4.78 is 26.2. The van der Waals surface area contributed by atoms with Gasteiger partial charge in [0.25, 0.3) is 0 Å². The molecule has 1 unspecified atom stereocenters. The lowest BCUT2D eigenvalue weighted by Crippen LogP contribution is -2.35. The minimum atomic E-state index is -1.20. The van der Waals surface area contributed by atoms with Gasteiger partial charge in [0.2, 0.25) is 5.91 Å². The molecule has 0 saturated heterocycles. The van der Waals surface area contributed by atoms with Crippen molar-refractivity contribution in [2.24, 2.45) is 0 Å². The lowest BCUT2D eigenvalue weighted by Gasteiger charge is -2.14. The molecule has 18 heavy (non-hydrogen) atoms. The minimum Gasteiger partial charge on any atom is -0.387 e. The monoisotopic (exact) mass is 258 g/mol. The van der Waals surface area contributed by atoms with Gasteiger partial charge in [-0.3, -0.25) is 4.79 Å². The number of carbonyl (C=O) groups excluding carboxylic acids is 1. The highest BCUT2D eigenvalue weighted by Crippen LogP contribution is 2.17. The molecule has 0 aliphatic carbocycles. The fourth-order valence-electron chi connectivity index (χ4n) is 1.35. The van der Waals surface area contributed by atoms with E-state index in [2.05, 4.69) is 5.32 Å². The first-order chi connectivity index (χ1) is 8.41. The number of likely N-dealkylation sites (N-methyl/N-ethyl adjacent to an activating group) is 1. The predicted molar refractivity (Wildman–Crippen MR) is 62.9 cm³/mol. The van der Waals surface area contributed by atoms with Gasteiger partial charge in [-0.05, 0) is 18.2 Å². The topological polar surface area (TPSA) is 52.6 Å². The van der Waals surface area contributed by atoms with E-state index in [0.29, 0.717) is 0 Å². The van der Waals surface area contributed by atoms with Crippen LogP contribution in [0.1, 0.15) is 11.7 Å². The zero-order valence-electron chi connectivity index (χ0n) is 10.3. The molecule has 0 spiro atoms. The molecule has 100 valence electrons. The van der Waals surface area contributed by atoms with Gasteiger partial charge in [0.1, 0.15) is 11.6 Å². The molecule has 0 bridgehead atoms. The zero-order chi connectivity index (χ0) is 13.7. The highest BCUT2D eigenvalue weighted by molar-refractivity contribution is 5.77. The van der Waals surface area contributed by atoms with Gasteiger partial charge in [-0.2, -0.15) is 0 Å². The maximum absolute atomic E-state index is 13.3. The first-order valence-electron chi connectivity index (χ1n) is 5.45. The molecular formula is C12H16F2N2O2. The molecule has 0 fully saturated rings. The first kappa shape index (κ1) is 14.5. The molecule has 1 aromatic rings. The molecule has 0 aliphatic rings. The van der Waals surface area contributed by atoms with E-state index in [-0.39, 0.29) is 24.6 Å². The van der Waals surface area contributed by atoms with Crippen molar-refractivity contribution in [2.45, 2.75) is 6.10 Å². The van der Waals surface area contributed by atoms with E-state index in [0.717, 1.165) is 18.2 Å². The number of halogens is 2. The molecule has 1 amide bonds. The van der Waals surface area contributed by atoms with Gasteiger partial charge in [0.05, 0.1) is 12.6 Å². The van der Waals surface area contributed by atoms with Crippen LogP contribution in [0.5, 0.6) is 0 Å². The number of amides is 1. The third-order valence-corrected chi connectivity index (χ3v) is 2.43. The highest BCUT2D eigenvalue weighted by atomic mass is 19.1. The normalized spacial score (nSPS) is 12.3. The van der Waals surface area contributed by atoms with Crippen molar-refractivity contribution in [3.05, 3.63) is 35.4 Å². The van der Waals surface area contributed by atoms with E-state index in [1.165, 1.54) is 4.90 Å². The molecule has 2 N–H and O–H groups in total. The van der Waals surface area contributed by atoms with Gasteiger partial charge >= 0.3 is 0 Å². The van der Waals surface area contributed by atoms with Gasteiger partial charge in [-0.25, -0.2) is 8.78 Å². The Hall–Kier alpha value is -1.53. The third kappa shape index (κ3) is 4.05. The SMILES string of the molecule is CN(C)C(=O)CNCC(O)c1cc(F)ccc1F. The van der Waals surface area contributed by atoms with Crippen LogP contribution in [0.4, 0.5) is 8.78 Å². The molecular weight excluding hydrogens is 242 g/mol. The first-order valence-corrected chi connectivity index (χ1v) is 5.45. The molecule has 0 saturated carbocycles. The van der Waals surface area contributed by atoms with Crippen LogP contribution in [-0.4, -0.2) is 43.1 Å². The van der Waals surface area contributed by atoms with Gasteiger partial charge in [0.15, 0.2) is 0 Å². The Morgan fingerprint density at radius 1 is 1.44 bits per heavy atom. The summed E-state index contributed by atoms with van der Waals surface area (Å²) >= 11 is 0. The van der Waals surface area contributed by atoms with Crippen molar-refractivity contribution < 1.29 is 18.7 Å². The van der Waals surface area contributed by atoms with Crippen LogP contribution < -0.4 is 5.32 Å². The molecule has 0 heterocycles. The number of rotatable bonds is 5. The molecule has 1 atom stereocenters. The number of aliphatic hydroxyl groups excluding tert-OH is 1. The fourth-order valence-corrected chi connectivity index (χ4v) is 1.35. The summed E-state index contributed by atoms with van der Waals surface area (Å²) in [7, 11) is 3.21. The van der Waals surface area contributed by atoms with Crippen LogP contribution in [0, 0.1) is 11.6 Å². The summed E-state index contributed by atoms with van der Waals surface area (Å²) in [5.74, 6) is -1.46. The molecule has 1 rings (SSSR count). The Labute approximate surface area is 104 Å². The predicted octanol–water partition coefficient (Wildman–Crippen LogP) is 0.676. The molecule has 4 nitrogen and oxygen atoms in total. The van der Waals surface area contributed by atoms with E-state index in [4.69, 9.17) is 0 Å². The Balaban J connectivity index is 2.53. The van der Waals surface area contributed by atoms with Gasteiger partial charge in [-0.1, -0.05) is 0 Å². The fraction of sp³-hybridized carbons (Fsp3) is 0.417. The zero-order valence-corrected chi connectivity index (χ0v) is 10.3. The number of carbonyl (C=O) groups is 1. The van der Waals surface area contributed by atoms with Crippen molar-refractivity contribution in [2.75, 3.05) is 27.2 Å². The van der Waals surface area contributed by atoms with E-state index in [1.54, 1.807) is 14.1 Å². The van der Waals surface area contributed by atoms with Crippen LogP contribution in [-0.2, 0) is 4.79 Å². The number of aliphatic hydroxyl groups is 1. The van der Waals surface area contributed by atoms with E-state index in [1.807, 2.05) is 0 Å². The third-order valence-electron chi connectivity index (χ3n) is 2.43. The van der Waals surface area contributed by atoms with Gasteiger partial charge in [0, 0.05) is 26.2 Å². The Bertz CT molecular complexity index is 425. The van der Waals surface area contributed by atoms with Crippen molar-refractivity contribution in [1.29, 1.82) is 0 Å². The molecule has 0 radical (unpaired) electrons. The van der Waals surface area contributed by atoms with Crippen LogP contribution in [0.3, 0.4) is 0 Å². The van der Waals surface area contributed by atoms with Crippen LogP contribution in [0.25, 0.3) is 0 Å². The largest absolute Gasteiger partial charge is 0.387 e. The average Bonchev–Trinajstić information content (AvgIpc) is 2.31. The Morgan fingerprint density at radius 2 is 2.11 bits per heavy atom.